The number of rotatable bonds is 4. The van der Waals surface area contributed by atoms with Gasteiger partial charge in [0.2, 0.25) is 0 Å². The number of fused-ring (bicyclic) bond motifs is 1. The first-order valence-electron chi connectivity index (χ1n) is 7.67. The van der Waals surface area contributed by atoms with Crippen LogP contribution in [0.4, 0.5) is 5.69 Å². The first-order chi connectivity index (χ1) is 11.5. The Labute approximate surface area is 148 Å². The highest BCUT2D eigenvalue weighted by Gasteiger charge is 2.18. The summed E-state index contributed by atoms with van der Waals surface area (Å²) in [5.41, 5.74) is 2.55. The summed E-state index contributed by atoms with van der Waals surface area (Å²) in [5, 5.41) is 2.93. The molecule has 0 radical (unpaired) electrons. The van der Waals surface area contributed by atoms with Gasteiger partial charge in [-0.2, -0.15) is 0 Å². The van der Waals surface area contributed by atoms with Crippen LogP contribution in [0.15, 0.2) is 47.1 Å². The number of carbonyl (C=O) groups excluding carboxylic acids is 1. The lowest BCUT2D eigenvalue weighted by molar-refractivity contribution is 0.102. The molecule has 0 saturated carbocycles. The Kier molecular flexibility index (Phi) is 4.57. The molecule has 6 heteroatoms. The molecule has 24 heavy (non-hydrogen) atoms. The van der Waals surface area contributed by atoms with Crippen molar-refractivity contribution in [2.24, 2.45) is 0 Å². The Morgan fingerprint density at radius 2 is 2.00 bits per heavy atom. The molecule has 1 N–H and O–H groups in total. The number of aryl methyl sites for hydroxylation is 1. The minimum Gasteiger partial charge on any atom is -0.489 e. The smallest absolute Gasteiger partial charge is 0.274 e. The number of amides is 1. The molecule has 3 aromatic rings. The molecule has 0 unspecified atom stereocenters. The molecule has 3 rings (SSSR count). The zero-order valence-corrected chi connectivity index (χ0v) is 15.3. The van der Waals surface area contributed by atoms with Crippen molar-refractivity contribution in [1.29, 1.82) is 0 Å². The van der Waals surface area contributed by atoms with Crippen LogP contribution in [0, 0.1) is 6.92 Å². The number of carbonyl (C=O) groups is 1. The Hall–Kier alpha value is -2.34. The van der Waals surface area contributed by atoms with Crippen LogP contribution in [0.25, 0.3) is 5.65 Å². The van der Waals surface area contributed by atoms with Gasteiger partial charge in [-0.3, -0.25) is 9.20 Å². The van der Waals surface area contributed by atoms with Gasteiger partial charge in [0, 0.05) is 10.7 Å². The first-order valence-corrected chi connectivity index (χ1v) is 8.46. The van der Waals surface area contributed by atoms with Crippen molar-refractivity contribution < 1.29 is 9.53 Å². The van der Waals surface area contributed by atoms with Crippen LogP contribution in [-0.4, -0.2) is 21.4 Å². The second kappa shape index (κ2) is 6.65. The lowest BCUT2D eigenvalue weighted by Gasteiger charge is -2.14. The van der Waals surface area contributed by atoms with Crippen molar-refractivity contribution in [3.05, 3.63) is 58.5 Å². The largest absolute Gasteiger partial charge is 0.489 e. The molecule has 0 spiro atoms. The van der Waals surface area contributed by atoms with Crippen LogP contribution in [0.2, 0.25) is 0 Å². The predicted octanol–water partition coefficient (Wildman–Crippen LogP) is 4.44. The summed E-state index contributed by atoms with van der Waals surface area (Å²) >= 11 is 3.43. The summed E-state index contributed by atoms with van der Waals surface area (Å²) in [6, 6.07) is 11.2. The van der Waals surface area contributed by atoms with Gasteiger partial charge in [0.15, 0.2) is 0 Å². The fourth-order valence-electron chi connectivity index (χ4n) is 2.52. The number of anilines is 1. The van der Waals surface area contributed by atoms with E-state index in [4.69, 9.17) is 4.74 Å². The molecule has 2 aromatic heterocycles. The third-order valence-electron chi connectivity index (χ3n) is 3.47. The van der Waals surface area contributed by atoms with E-state index in [2.05, 4.69) is 26.2 Å². The van der Waals surface area contributed by atoms with Gasteiger partial charge in [-0.05, 0) is 61.0 Å². The van der Waals surface area contributed by atoms with Crippen molar-refractivity contribution >= 4 is 33.2 Å². The van der Waals surface area contributed by atoms with E-state index in [-0.39, 0.29) is 12.0 Å². The molecule has 0 saturated heterocycles. The van der Waals surface area contributed by atoms with Gasteiger partial charge < -0.3 is 10.1 Å². The standard InChI is InChI=1S/C18H18BrN3O2/c1-11(2)24-15-7-5-4-6-14(15)21-18(23)17-12(3)20-16-9-8-13(19)10-22(16)17/h4-11H,1-3H3,(H,21,23). The molecule has 0 aliphatic rings. The van der Waals surface area contributed by atoms with E-state index in [9.17, 15) is 4.79 Å². The second-order valence-corrected chi connectivity index (χ2v) is 6.65. The summed E-state index contributed by atoms with van der Waals surface area (Å²) in [5.74, 6) is 0.423. The Morgan fingerprint density at radius 3 is 2.75 bits per heavy atom. The maximum atomic E-state index is 12.8. The van der Waals surface area contributed by atoms with E-state index in [1.54, 1.807) is 4.40 Å². The number of halogens is 1. The molecule has 0 atom stereocenters. The van der Waals surface area contributed by atoms with E-state index in [0.29, 0.717) is 22.8 Å². The highest BCUT2D eigenvalue weighted by Crippen LogP contribution is 2.26. The van der Waals surface area contributed by atoms with E-state index in [1.807, 2.05) is 63.4 Å². The van der Waals surface area contributed by atoms with Crippen molar-refractivity contribution in [3.8, 4) is 5.75 Å². The van der Waals surface area contributed by atoms with Crippen LogP contribution >= 0.6 is 15.9 Å². The third kappa shape index (κ3) is 3.28. The summed E-state index contributed by atoms with van der Waals surface area (Å²) in [6.45, 7) is 5.72. The quantitative estimate of drug-likeness (QED) is 0.719. The number of pyridine rings is 1. The fourth-order valence-corrected chi connectivity index (χ4v) is 2.86. The summed E-state index contributed by atoms with van der Waals surface area (Å²) < 4.78 is 8.41. The lowest BCUT2D eigenvalue weighted by atomic mass is 10.2. The van der Waals surface area contributed by atoms with Gasteiger partial charge in [0.1, 0.15) is 17.1 Å². The number of ether oxygens (including phenoxy) is 1. The fraction of sp³-hybridized carbons (Fsp3) is 0.222. The minimum absolute atomic E-state index is 0.0246. The minimum atomic E-state index is -0.224. The van der Waals surface area contributed by atoms with Gasteiger partial charge in [-0.25, -0.2) is 4.98 Å². The molecule has 0 fully saturated rings. The van der Waals surface area contributed by atoms with Gasteiger partial charge in [-0.15, -0.1) is 0 Å². The summed E-state index contributed by atoms with van der Waals surface area (Å²) in [7, 11) is 0. The molecule has 1 aromatic carbocycles. The SMILES string of the molecule is Cc1nc2ccc(Br)cn2c1C(=O)Nc1ccccc1OC(C)C. The van der Waals surface area contributed by atoms with Crippen LogP contribution in [0.5, 0.6) is 5.75 Å². The first kappa shape index (κ1) is 16.5. The zero-order valence-electron chi connectivity index (χ0n) is 13.7. The number of nitrogens with zero attached hydrogens (tertiary/aromatic N) is 2. The molecule has 2 heterocycles. The number of nitrogens with one attached hydrogen (secondary N) is 1. The molecule has 5 nitrogen and oxygen atoms in total. The third-order valence-corrected chi connectivity index (χ3v) is 3.94. The van der Waals surface area contributed by atoms with Crippen molar-refractivity contribution in [2.45, 2.75) is 26.9 Å². The van der Waals surface area contributed by atoms with Crippen molar-refractivity contribution in [3.63, 3.8) is 0 Å². The highest BCUT2D eigenvalue weighted by molar-refractivity contribution is 9.10. The lowest BCUT2D eigenvalue weighted by Crippen LogP contribution is -2.17. The summed E-state index contributed by atoms with van der Waals surface area (Å²) in [6.07, 6.45) is 1.86. The highest BCUT2D eigenvalue weighted by atomic mass is 79.9. The number of imidazole rings is 1. The van der Waals surface area contributed by atoms with Gasteiger partial charge in [0.05, 0.1) is 17.5 Å². The molecule has 0 aliphatic heterocycles. The number of para-hydroxylation sites is 2. The molecule has 0 bridgehead atoms. The zero-order chi connectivity index (χ0) is 17.3. The number of aromatic nitrogens is 2. The number of hydrogen-bond donors (Lipinski definition) is 1. The van der Waals surface area contributed by atoms with Gasteiger partial charge in [0.25, 0.3) is 5.91 Å². The van der Waals surface area contributed by atoms with E-state index >= 15 is 0 Å². The van der Waals surface area contributed by atoms with Crippen LogP contribution in [0.1, 0.15) is 30.0 Å². The van der Waals surface area contributed by atoms with E-state index < -0.39 is 0 Å². The van der Waals surface area contributed by atoms with E-state index in [0.717, 1.165) is 10.1 Å². The van der Waals surface area contributed by atoms with Gasteiger partial charge >= 0.3 is 0 Å². The van der Waals surface area contributed by atoms with Gasteiger partial charge in [-0.1, -0.05) is 12.1 Å². The van der Waals surface area contributed by atoms with Crippen LogP contribution < -0.4 is 10.1 Å². The predicted molar refractivity (Wildman–Crippen MR) is 97.8 cm³/mol. The summed E-state index contributed by atoms with van der Waals surface area (Å²) in [4.78, 5) is 17.3. The average molecular weight is 388 g/mol. The number of hydrogen-bond acceptors (Lipinski definition) is 3. The maximum absolute atomic E-state index is 12.8. The molecular weight excluding hydrogens is 370 g/mol. The molecular formula is C18H18BrN3O2. The molecule has 1 amide bonds. The maximum Gasteiger partial charge on any atom is 0.274 e. The van der Waals surface area contributed by atoms with E-state index in [1.165, 1.54) is 0 Å². The Bertz CT molecular complexity index is 902. The normalized spacial score (nSPS) is 11.0. The Morgan fingerprint density at radius 1 is 1.25 bits per heavy atom. The molecule has 124 valence electrons. The topological polar surface area (TPSA) is 55.6 Å². The van der Waals surface area contributed by atoms with Crippen LogP contribution in [0.3, 0.4) is 0 Å². The van der Waals surface area contributed by atoms with Crippen LogP contribution in [-0.2, 0) is 0 Å². The average Bonchev–Trinajstić information content (AvgIpc) is 2.84. The Balaban J connectivity index is 1.97. The number of benzene rings is 1. The monoisotopic (exact) mass is 387 g/mol. The second-order valence-electron chi connectivity index (χ2n) is 5.74. The van der Waals surface area contributed by atoms with Crippen molar-refractivity contribution in [1.82, 2.24) is 9.38 Å². The van der Waals surface area contributed by atoms with Crippen molar-refractivity contribution in [2.75, 3.05) is 5.32 Å². The molecule has 0 aliphatic carbocycles.